The van der Waals surface area contributed by atoms with E-state index >= 15 is 0 Å². The summed E-state index contributed by atoms with van der Waals surface area (Å²) < 4.78 is 53.2. The minimum absolute atomic E-state index is 0.144. The summed E-state index contributed by atoms with van der Waals surface area (Å²) in [6.07, 6.45) is -4.35. The third-order valence-electron chi connectivity index (χ3n) is 5.75. The summed E-state index contributed by atoms with van der Waals surface area (Å²) in [6.45, 7) is 3.25. The first-order valence-electron chi connectivity index (χ1n) is 9.88. The Morgan fingerprint density at radius 1 is 1.19 bits per heavy atom. The first-order chi connectivity index (χ1) is 14.9. The van der Waals surface area contributed by atoms with Crippen LogP contribution in [0, 0.1) is 19.7 Å². The average molecular weight is 454 g/mol. The third kappa shape index (κ3) is 4.66. The van der Waals surface area contributed by atoms with E-state index in [1.54, 1.807) is 13.8 Å². The van der Waals surface area contributed by atoms with E-state index in [4.69, 9.17) is 0 Å². The Balaban J connectivity index is 1.79. The second-order valence-corrected chi connectivity index (χ2v) is 7.77. The van der Waals surface area contributed by atoms with Crippen LogP contribution in [0.25, 0.3) is 0 Å². The zero-order chi connectivity index (χ0) is 23.8. The maximum Gasteiger partial charge on any atom is 0.408 e. The number of aromatic amines is 1. The molecule has 1 aliphatic rings. The van der Waals surface area contributed by atoms with Crippen molar-refractivity contribution >= 4 is 11.8 Å². The molecule has 32 heavy (non-hydrogen) atoms. The molecule has 172 valence electrons. The summed E-state index contributed by atoms with van der Waals surface area (Å²) in [5, 5.41) is 6.39. The van der Waals surface area contributed by atoms with Crippen molar-refractivity contribution in [3.8, 4) is 0 Å². The van der Waals surface area contributed by atoms with Gasteiger partial charge in [0.2, 0.25) is 5.91 Å². The van der Waals surface area contributed by atoms with E-state index in [1.165, 1.54) is 12.1 Å². The SMILES string of the molecule is Cc1c(Cc2ccc(F)c(C(=O)N3CCN([C@@H](C)C(F)(F)F)C(=O)C3)c2)n[nH]c(=O)c1C. The molecular weight excluding hydrogens is 432 g/mol. The number of nitrogens with one attached hydrogen (secondary N) is 1. The highest BCUT2D eigenvalue weighted by Gasteiger charge is 2.44. The van der Waals surface area contributed by atoms with Crippen molar-refractivity contribution in [2.45, 2.75) is 39.4 Å². The number of carbonyl (C=O) groups is 2. The minimum atomic E-state index is -4.57. The van der Waals surface area contributed by atoms with Crippen molar-refractivity contribution < 1.29 is 27.2 Å². The minimum Gasteiger partial charge on any atom is -0.328 e. The Hall–Kier alpha value is -3.24. The monoisotopic (exact) mass is 454 g/mol. The maximum atomic E-state index is 14.4. The number of H-pyrrole nitrogens is 1. The van der Waals surface area contributed by atoms with Crippen LogP contribution in [0.2, 0.25) is 0 Å². The molecule has 1 aliphatic heterocycles. The predicted octanol–water partition coefficient (Wildman–Crippen LogP) is 2.35. The molecule has 3 rings (SSSR count). The molecule has 0 radical (unpaired) electrons. The number of halogens is 4. The molecule has 2 aromatic rings. The van der Waals surface area contributed by atoms with Crippen LogP contribution in [0.5, 0.6) is 0 Å². The number of piperazine rings is 1. The van der Waals surface area contributed by atoms with Gasteiger partial charge in [-0.05, 0) is 44.0 Å². The highest BCUT2D eigenvalue weighted by Crippen LogP contribution is 2.26. The third-order valence-corrected chi connectivity index (χ3v) is 5.75. The maximum absolute atomic E-state index is 14.4. The van der Waals surface area contributed by atoms with Crippen LogP contribution in [0.15, 0.2) is 23.0 Å². The molecule has 2 amide bonds. The van der Waals surface area contributed by atoms with Gasteiger partial charge in [0.25, 0.3) is 11.5 Å². The number of hydrogen-bond acceptors (Lipinski definition) is 4. The normalized spacial score (nSPS) is 15.8. The number of benzene rings is 1. The molecule has 0 saturated carbocycles. The van der Waals surface area contributed by atoms with E-state index < -0.39 is 36.4 Å². The lowest BCUT2D eigenvalue weighted by Gasteiger charge is -2.38. The molecule has 0 unspecified atom stereocenters. The number of aromatic nitrogens is 2. The van der Waals surface area contributed by atoms with E-state index in [0.717, 1.165) is 17.9 Å². The molecule has 1 N–H and O–H groups in total. The van der Waals surface area contributed by atoms with Gasteiger partial charge in [-0.1, -0.05) is 6.07 Å². The largest absolute Gasteiger partial charge is 0.408 e. The number of carbonyl (C=O) groups excluding carboxylic acids is 2. The molecule has 0 aliphatic carbocycles. The summed E-state index contributed by atoms with van der Waals surface area (Å²) >= 11 is 0. The molecule has 7 nitrogen and oxygen atoms in total. The van der Waals surface area contributed by atoms with Crippen LogP contribution >= 0.6 is 0 Å². The molecule has 1 atom stereocenters. The number of amides is 2. The molecule has 0 bridgehead atoms. The van der Waals surface area contributed by atoms with Gasteiger partial charge in [-0.2, -0.15) is 18.3 Å². The molecular formula is C21H22F4N4O3. The second kappa shape index (κ2) is 8.71. The molecule has 1 saturated heterocycles. The lowest BCUT2D eigenvalue weighted by molar-refractivity contribution is -0.188. The standard InChI is InChI=1S/C21H22F4N4O3/c1-11-12(2)19(31)27-26-17(11)9-14-4-5-16(22)15(8-14)20(32)28-6-7-29(18(30)10-28)13(3)21(23,24)25/h4-5,8,13H,6-7,9-10H2,1-3H3,(H,27,31)/t13-/m0/s1. The highest BCUT2D eigenvalue weighted by molar-refractivity contribution is 5.97. The van der Waals surface area contributed by atoms with Gasteiger partial charge in [0.05, 0.1) is 11.3 Å². The molecule has 11 heteroatoms. The fourth-order valence-corrected chi connectivity index (χ4v) is 3.50. The van der Waals surface area contributed by atoms with Crippen molar-refractivity contribution in [3.63, 3.8) is 0 Å². The number of alkyl halides is 3. The number of rotatable bonds is 4. The van der Waals surface area contributed by atoms with Crippen molar-refractivity contribution in [1.82, 2.24) is 20.0 Å². The fourth-order valence-electron chi connectivity index (χ4n) is 3.50. The zero-order valence-electron chi connectivity index (χ0n) is 17.7. The van der Waals surface area contributed by atoms with Crippen LogP contribution in [-0.4, -0.2) is 63.7 Å². The van der Waals surface area contributed by atoms with Crippen molar-refractivity contribution in [2.24, 2.45) is 0 Å². The quantitative estimate of drug-likeness (QED) is 0.719. The molecule has 1 aromatic carbocycles. The predicted molar refractivity (Wildman–Crippen MR) is 107 cm³/mol. The first-order valence-corrected chi connectivity index (χ1v) is 9.88. The Bertz CT molecular complexity index is 1110. The van der Waals surface area contributed by atoms with E-state index in [2.05, 4.69) is 10.2 Å². The van der Waals surface area contributed by atoms with Gasteiger partial charge in [-0.25, -0.2) is 9.49 Å². The number of nitrogens with zero attached hydrogens (tertiary/aromatic N) is 3. The van der Waals surface area contributed by atoms with Gasteiger partial charge in [0, 0.05) is 25.1 Å². The topological polar surface area (TPSA) is 86.4 Å². The Morgan fingerprint density at radius 3 is 2.50 bits per heavy atom. The van der Waals surface area contributed by atoms with Gasteiger partial charge < -0.3 is 9.80 Å². The Morgan fingerprint density at radius 2 is 1.88 bits per heavy atom. The highest BCUT2D eigenvalue weighted by atomic mass is 19.4. The van der Waals surface area contributed by atoms with Crippen LogP contribution in [0.4, 0.5) is 17.6 Å². The van der Waals surface area contributed by atoms with Crippen molar-refractivity contribution in [2.75, 3.05) is 19.6 Å². The van der Waals surface area contributed by atoms with Crippen LogP contribution < -0.4 is 5.56 Å². The van der Waals surface area contributed by atoms with Gasteiger partial charge in [0.15, 0.2) is 0 Å². The van der Waals surface area contributed by atoms with Crippen LogP contribution in [0.1, 0.15) is 39.7 Å². The zero-order valence-corrected chi connectivity index (χ0v) is 17.7. The van der Waals surface area contributed by atoms with E-state index in [9.17, 15) is 31.9 Å². The fraction of sp³-hybridized carbons (Fsp3) is 0.429. The average Bonchev–Trinajstić information content (AvgIpc) is 2.73. The summed E-state index contributed by atoms with van der Waals surface area (Å²) in [5.74, 6) is -2.44. The summed E-state index contributed by atoms with van der Waals surface area (Å²) in [5.41, 5.74) is 1.67. The van der Waals surface area contributed by atoms with Crippen molar-refractivity contribution in [1.29, 1.82) is 0 Å². The summed E-state index contributed by atoms with van der Waals surface area (Å²) in [7, 11) is 0. The van der Waals surface area contributed by atoms with Gasteiger partial charge >= 0.3 is 6.18 Å². The van der Waals surface area contributed by atoms with E-state index in [1.807, 2.05) is 0 Å². The Kier molecular flexibility index (Phi) is 6.38. The molecule has 0 spiro atoms. The first kappa shape index (κ1) is 23.4. The molecule has 2 heterocycles. The van der Waals surface area contributed by atoms with Gasteiger partial charge in [-0.3, -0.25) is 14.4 Å². The van der Waals surface area contributed by atoms with Crippen molar-refractivity contribution in [3.05, 3.63) is 62.3 Å². The van der Waals surface area contributed by atoms with Gasteiger partial charge in [0.1, 0.15) is 18.4 Å². The van der Waals surface area contributed by atoms with Gasteiger partial charge in [-0.15, -0.1) is 0 Å². The molecule has 1 aromatic heterocycles. The summed E-state index contributed by atoms with van der Waals surface area (Å²) in [4.78, 5) is 38.4. The summed E-state index contributed by atoms with van der Waals surface area (Å²) in [6, 6.07) is 1.94. The number of hydrogen-bond donors (Lipinski definition) is 1. The lowest BCUT2D eigenvalue weighted by atomic mass is 10.0. The van der Waals surface area contributed by atoms with Crippen LogP contribution in [0.3, 0.4) is 0 Å². The second-order valence-electron chi connectivity index (χ2n) is 7.77. The van der Waals surface area contributed by atoms with Crippen LogP contribution in [-0.2, 0) is 11.2 Å². The van der Waals surface area contributed by atoms with E-state index in [0.29, 0.717) is 27.3 Å². The lowest BCUT2D eigenvalue weighted by Crippen LogP contribution is -2.58. The molecule has 1 fully saturated rings. The Labute approximate surface area is 181 Å². The van der Waals surface area contributed by atoms with E-state index in [-0.39, 0.29) is 30.6 Å². The smallest absolute Gasteiger partial charge is 0.328 e.